The number of aryl methyl sites for hydroxylation is 2. The molecule has 0 saturated heterocycles. The van der Waals surface area contributed by atoms with Gasteiger partial charge in [0.05, 0.1) is 0 Å². The summed E-state index contributed by atoms with van der Waals surface area (Å²) in [5.41, 5.74) is 3.50. The summed E-state index contributed by atoms with van der Waals surface area (Å²) in [5.74, 6) is 1.51. The molecule has 0 bridgehead atoms. The molecule has 2 saturated carbocycles. The van der Waals surface area contributed by atoms with Gasteiger partial charge in [-0.1, -0.05) is 37.0 Å². The highest BCUT2D eigenvalue weighted by Crippen LogP contribution is 2.34. The van der Waals surface area contributed by atoms with Crippen LogP contribution < -0.4 is 10.2 Å². The molecule has 2 aromatic rings. The van der Waals surface area contributed by atoms with Crippen molar-refractivity contribution in [1.29, 1.82) is 0 Å². The molecule has 1 aromatic heterocycles. The Morgan fingerprint density at radius 2 is 1.86 bits per heavy atom. The fourth-order valence-electron chi connectivity index (χ4n) is 4.17. The number of nitrogens with one attached hydrogen (secondary N) is 1. The Morgan fingerprint density at radius 1 is 1.07 bits per heavy atom. The second kappa shape index (κ2) is 8.29. The van der Waals surface area contributed by atoms with E-state index in [0.717, 1.165) is 29.5 Å². The Bertz CT molecular complexity index is 840. The minimum absolute atomic E-state index is 0.175. The minimum Gasteiger partial charge on any atom is -0.353 e. The molecule has 1 amide bonds. The Hall–Kier alpha value is -2.43. The number of benzene rings is 1. The summed E-state index contributed by atoms with van der Waals surface area (Å²) in [6.07, 6.45) is 10.5. The first kappa shape index (κ1) is 18.9. The highest BCUT2D eigenvalue weighted by atomic mass is 16.1. The lowest BCUT2D eigenvalue weighted by atomic mass is 9.94. The van der Waals surface area contributed by atoms with Crippen LogP contribution in [0.2, 0.25) is 0 Å². The lowest BCUT2D eigenvalue weighted by molar-refractivity contribution is 0.102. The van der Waals surface area contributed by atoms with Crippen LogP contribution in [-0.4, -0.2) is 28.5 Å². The highest BCUT2D eigenvalue weighted by molar-refractivity contribution is 6.03. The lowest BCUT2D eigenvalue weighted by Crippen LogP contribution is -2.39. The van der Waals surface area contributed by atoms with Crippen LogP contribution in [0.3, 0.4) is 0 Å². The van der Waals surface area contributed by atoms with Crippen molar-refractivity contribution in [2.75, 3.05) is 16.8 Å². The van der Waals surface area contributed by atoms with E-state index in [1.54, 1.807) is 0 Å². The zero-order chi connectivity index (χ0) is 19.5. The number of anilines is 2. The number of carbonyl (C=O) groups excluding carboxylic acids is 1. The van der Waals surface area contributed by atoms with E-state index in [1.165, 1.54) is 56.8 Å². The molecule has 5 heteroatoms. The molecule has 2 aliphatic rings. The molecule has 2 aliphatic carbocycles. The standard InChI is InChI=1S/C23H30N4O/c1-16-8-11-20(17(2)12-16)26-23(28)21-13-22(25-15-24-21)27(14-18-9-10-18)19-6-4-3-5-7-19/h8,11-13,15,18-19H,3-7,9-10,14H2,1-2H3,(H,26,28). The Morgan fingerprint density at radius 3 is 2.57 bits per heavy atom. The molecule has 0 aliphatic heterocycles. The largest absolute Gasteiger partial charge is 0.353 e. The molecule has 1 heterocycles. The van der Waals surface area contributed by atoms with Gasteiger partial charge in [0, 0.05) is 24.3 Å². The van der Waals surface area contributed by atoms with E-state index in [0.29, 0.717) is 11.7 Å². The van der Waals surface area contributed by atoms with Gasteiger partial charge in [0.1, 0.15) is 17.8 Å². The third-order valence-electron chi connectivity index (χ3n) is 5.98. The maximum absolute atomic E-state index is 12.8. The van der Waals surface area contributed by atoms with Gasteiger partial charge in [0.15, 0.2) is 0 Å². The van der Waals surface area contributed by atoms with Crippen molar-refractivity contribution in [3.05, 3.63) is 47.4 Å². The van der Waals surface area contributed by atoms with Crippen LogP contribution >= 0.6 is 0 Å². The van der Waals surface area contributed by atoms with E-state index in [4.69, 9.17) is 0 Å². The van der Waals surface area contributed by atoms with Gasteiger partial charge < -0.3 is 10.2 Å². The number of carbonyl (C=O) groups is 1. The van der Waals surface area contributed by atoms with Gasteiger partial charge in [-0.25, -0.2) is 9.97 Å². The monoisotopic (exact) mass is 378 g/mol. The van der Waals surface area contributed by atoms with Gasteiger partial charge in [-0.3, -0.25) is 4.79 Å². The summed E-state index contributed by atoms with van der Waals surface area (Å²) in [6, 6.07) is 8.44. The number of nitrogens with zero attached hydrogens (tertiary/aromatic N) is 3. The van der Waals surface area contributed by atoms with Gasteiger partial charge >= 0.3 is 0 Å². The molecule has 148 valence electrons. The molecule has 1 aromatic carbocycles. The summed E-state index contributed by atoms with van der Waals surface area (Å²) in [7, 11) is 0. The van der Waals surface area contributed by atoms with Crippen LogP contribution in [-0.2, 0) is 0 Å². The molecule has 0 spiro atoms. The predicted molar refractivity (Wildman–Crippen MR) is 113 cm³/mol. The molecule has 0 unspecified atom stereocenters. The lowest BCUT2D eigenvalue weighted by Gasteiger charge is -2.35. The maximum atomic E-state index is 12.8. The molecule has 1 N–H and O–H groups in total. The smallest absolute Gasteiger partial charge is 0.274 e. The van der Waals surface area contributed by atoms with Gasteiger partial charge in [-0.2, -0.15) is 0 Å². The van der Waals surface area contributed by atoms with Crippen molar-refractivity contribution in [1.82, 2.24) is 9.97 Å². The summed E-state index contributed by atoms with van der Waals surface area (Å²) in [4.78, 5) is 24.1. The first-order valence-corrected chi connectivity index (χ1v) is 10.6. The first-order chi connectivity index (χ1) is 13.6. The van der Waals surface area contributed by atoms with Crippen LogP contribution in [0.5, 0.6) is 0 Å². The predicted octanol–water partition coefficient (Wildman–Crippen LogP) is 4.89. The van der Waals surface area contributed by atoms with Crippen molar-refractivity contribution in [3.63, 3.8) is 0 Å². The van der Waals surface area contributed by atoms with Crippen molar-refractivity contribution < 1.29 is 4.79 Å². The molecule has 28 heavy (non-hydrogen) atoms. The second-order valence-corrected chi connectivity index (χ2v) is 8.42. The molecular formula is C23H30N4O. The quantitative estimate of drug-likeness (QED) is 0.777. The van der Waals surface area contributed by atoms with Crippen LogP contribution in [0.4, 0.5) is 11.5 Å². The molecule has 5 nitrogen and oxygen atoms in total. The number of hydrogen-bond donors (Lipinski definition) is 1. The summed E-state index contributed by atoms with van der Waals surface area (Å²) >= 11 is 0. The number of hydrogen-bond acceptors (Lipinski definition) is 4. The minimum atomic E-state index is -0.175. The van der Waals surface area contributed by atoms with Crippen molar-refractivity contribution in [3.8, 4) is 0 Å². The first-order valence-electron chi connectivity index (χ1n) is 10.6. The zero-order valence-corrected chi connectivity index (χ0v) is 16.9. The van der Waals surface area contributed by atoms with Crippen LogP contribution in [0.1, 0.15) is 66.6 Å². The average Bonchev–Trinajstić information content (AvgIpc) is 3.53. The molecule has 4 rings (SSSR count). The highest BCUT2D eigenvalue weighted by Gasteiger charge is 2.30. The average molecular weight is 379 g/mol. The Balaban J connectivity index is 1.53. The second-order valence-electron chi connectivity index (χ2n) is 8.42. The molecular weight excluding hydrogens is 348 g/mol. The third-order valence-corrected chi connectivity index (χ3v) is 5.98. The summed E-state index contributed by atoms with van der Waals surface area (Å²) in [5, 5.41) is 3.00. The van der Waals surface area contributed by atoms with Gasteiger partial charge in [0.2, 0.25) is 0 Å². The number of aromatic nitrogens is 2. The summed E-state index contributed by atoms with van der Waals surface area (Å²) < 4.78 is 0. The van der Waals surface area contributed by atoms with E-state index < -0.39 is 0 Å². The van der Waals surface area contributed by atoms with Crippen LogP contribution in [0.15, 0.2) is 30.6 Å². The van der Waals surface area contributed by atoms with Crippen LogP contribution in [0, 0.1) is 19.8 Å². The van der Waals surface area contributed by atoms with E-state index >= 15 is 0 Å². The Labute approximate surface area is 167 Å². The number of amides is 1. The molecule has 0 radical (unpaired) electrons. The Kier molecular flexibility index (Phi) is 5.60. The van der Waals surface area contributed by atoms with E-state index in [2.05, 4.69) is 33.2 Å². The summed E-state index contributed by atoms with van der Waals surface area (Å²) in [6.45, 7) is 5.11. The van der Waals surface area contributed by atoms with Gasteiger partial charge in [-0.05, 0) is 57.1 Å². The van der Waals surface area contributed by atoms with Crippen molar-refractivity contribution in [2.45, 2.75) is 64.8 Å². The fourth-order valence-corrected chi connectivity index (χ4v) is 4.17. The molecule has 0 atom stereocenters. The van der Waals surface area contributed by atoms with Gasteiger partial charge in [-0.15, -0.1) is 0 Å². The normalized spacial score (nSPS) is 17.4. The van der Waals surface area contributed by atoms with Gasteiger partial charge in [0.25, 0.3) is 5.91 Å². The van der Waals surface area contributed by atoms with E-state index in [1.807, 2.05) is 25.1 Å². The number of rotatable bonds is 6. The third kappa shape index (κ3) is 4.51. The van der Waals surface area contributed by atoms with Crippen molar-refractivity contribution >= 4 is 17.4 Å². The van der Waals surface area contributed by atoms with E-state index in [9.17, 15) is 4.79 Å². The van der Waals surface area contributed by atoms with Crippen LogP contribution in [0.25, 0.3) is 0 Å². The zero-order valence-electron chi connectivity index (χ0n) is 16.9. The maximum Gasteiger partial charge on any atom is 0.274 e. The van der Waals surface area contributed by atoms with E-state index in [-0.39, 0.29) is 5.91 Å². The van der Waals surface area contributed by atoms with Crippen molar-refractivity contribution in [2.24, 2.45) is 5.92 Å². The fraction of sp³-hybridized carbons (Fsp3) is 0.522. The SMILES string of the molecule is Cc1ccc(NC(=O)c2cc(N(CC3CC3)C3CCCCC3)ncn2)c(C)c1. The topological polar surface area (TPSA) is 58.1 Å². The molecule has 2 fully saturated rings.